The largest absolute Gasteiger partial charge is 0.491 e. The number of hydrogen-bond donors (Lipinski definition) is 1. The highest BCUT2D eigenvalue weighted by molar-refractivity contribution is 5.28. The Labute approximate surface area is 119 Å². The lowest BCUT2D eigenvalue weighted by Gasteiger charge is -2.29. The summed E-state index contributed by atoms with van der Waals surface area (Å²) in [5.41, 5.74) is 1.13. The number of rotatable bonds is 5. The first-order valence-corrected chi connectivity index (χ1v) is 7.31. The van der Waals surface area contributed by atoms with Crippen molar-refractivity contribution in [3.63, 3.8) is 0 Å². The third-order valence-corrected chi connectivity index (χ3v) is 3.58. The summed E-state index contributed by atoms with van der Waals surface area (Å²) in [6.07, 6.45) is 1.26. The molecule has 0 spiro atoms. The van der Waals surface area contributed by atoms with Crippen molar-refractivity contribution in [1.82, 2.24) is 5.32 Å². The first-order chi connectivity index (χ1) is 9.44. The average molecular weight is 283 g/mol. The maximum atomic E-state index is 13.1. The van der Waals surface area contributed by atoms with Crippen molar-refractivity contribution in [1.29, 1.82) is 0 Å². The fourth-order valence-corrected chi connectivity index (χ4v) is 2.51. The molecule has 0 atom stereocenters. The quantitative estimate of drug-likeness (QED) is 0.877. The van der Waals surface area contributed by atoms with Gasteiger partial charge in [0, 0.05) is 25.4 Å². The van der Waals surface area contributed by atoms with Crippen molar-refractivity contribution in [3.05, 3.63) is 29.8 Å². The number of halogens is 2. The average Bonchev–Trinajstić information content (AvgIpc) is 2.37. The minimum atomic E-state index is -2.46. The van der Waals surface area contributed by atoms with Crippen LogP contribution in [0.3, 0.4) is 0 Å². The summed E-state index contributed by atoms with van der Waals surface area (Å²) >= 11 is 0. The second-order valence-electron chi connectivity index (χ2n) is 5.83. The third kappa shape index (κ3) is 4.75. The molecule has 1 saturated carbocycles. The number of hydrogen-bond acceptors (Lipinski definition) is 2. The lowest BCUT2D eigenvalue weighted by atomic mass is 9.92. The van der Waals surface area contributed by atoms with E-state index in [0.29, 0.717) is 19.4 Å². The molecule has 1 aromatic rings. The first-order valence-electron chi connectivity index (χ1n) is 7.31. The topological polar surface area (TPSA) is 21.3 Å². The molecule has 1 aromatic carbocycles. The van der Waals surface area contributed by atoms with Gasteiger partial charge in [0.2, 0.25) is 5.92 Å². The first kappa shape index (κ1) is 15.2. The molecule has 0 saturated heterocycles. The highest BCUT2D eigenvalue weighted by Crippen LogP contribution is 2.33. The molecule has 0 bridgehead atoms. The van der Waals surface area contributed by atoms with Crippen LogP contribution in [0, 0.1) is 0 Å². The van der Waals surface area contributed by atoms with Gasteiger partial charge in [-0.1, -0.05) is 12.1 Å². The van der Waals surface area contributed by atoms with Crippen LogP contribution in [0.4, 0.5) is 8.78 Å². The van der Waals surface area contributed by atoms with Gasteiger partial charge >= 0.3 is 0 Å². The Bertz CT molecular complexity index is 424. The Morgan fingerprint density at radius 1 is 1.30 bits per heavy atom. The van der Waals surface area contributed by atoms with Crippen LogP contribution in [0.5, 0.6) is 5.75 Å². The van der Waals surface area contributed by atoms with Gasteiger partial charge in [-0.2, -0.15) is 0 Å². The van der Waals surface area contributed by atoms with E-state index in [-0.39, 0.29) is 25.0 Å². The van der Waals surface area contributed by atoms with Crippen LogP contribution in [0.15, 0.2) is 24.3 Å². The van der Waals surface area contributed by atoms with Gasteiger partial charge < -0.3 is 10.1 Å². The van der Waals surface area contributed by atoms with E-state index in [4.69, 9.17) is 4.74 Å². The predicted octanol–water partition coefficient (Wildman–Crippen LogP) is 4.14. The Balaban J connectivity index is 1.82. The zero-order valence-electron chi connectivity index (χ0n) is 12.2. The van der Waals surface area contributed by atoms with E-state index in [9.17, 15) is 8.78 Å². The molecule has 0 radical (unpaired) electrons. The summed E-state index contributed by atoms with van der Waals surface area (Å²) in [6, 6.07) is 8.13. The van der Waals surface area contributed by atoms with Crippen molar-refractivity contribution < 1.29 is 13.5 Å². The summed E-state index contributed by atoms with van der Waals surface area (Å²) in [5, 5.41) is 3.37. The maximum absolute atomic E-state index is 13.1. The minimum absolute atomic E-state index is 0.00116. The van der Waals surface area contributed by atoms with Gasteiger partial charge in [0.25, 0.3) is 0 Å². The van der Waals surface area contributed by atoms with Gasteiger partial charge in [0.1, 0.15) is 5.75 Å². The van der Waals surface area contributed by atoms with Crippen LogP contribution >= 0.6 is 0 Å². The number of alkyl halides is 2. The van der Waals surface area contributed by atoms with Crippen LogP contribution in [0.1, 0.15) is 45.1 Å². The Kier molecular flexibility index (Phi) is 4.97. The van der Waals surface area contributed by atoms with E-state index in [1.165, 1.54) is 0 Å². The van der Waals surface area contributed by atoms with E-state index in [1.807, 2.05) is 38.1 Å². The molecule has 1 fully saturated rings. The molecule has 1 aliphatic carbocycles. The summed E-state index contributed by atoms with van der Waals surface area (Å²) in [6.45, 7) is 4.69. The zero-order chi connectivity index (χ0) is 14.6. The molecule has 0 aromatic heterocycles. The monoisotopic (exact) mass is 283 g/mol. The van der Waals surface area contributed by atoms with Crippen LogP contribution in [0.25, 0.3) is 0 Å². The van der Waals surface area contributed by atoms with Crippen LogP contribution in [-0.2, 0) is 6.54 Å². The Hall–Kier alpha value is -1.16. The van der Waals surface area contributed by atoms with Gasteiger partial charge in [-0.05, 0) is 44.4 Å². The highest BCUT2D eigenvalue weighted by atomic mass is 19.3. The van der Waals surface area contributed by atoms with Crippen molar-refractivity contribution in [3.8, 4) is 5.75 Å². The standard InChI is InChI=1S/C16H23F2NO/c1-12(2)20-15-5-3-4-13(10-15)11-19-14-6-8-16(17,18)9-7-14/h3-5,10,12,14,19H,6-9,11H2,1-2H3. The Morgan fingerprint density at radius 3 is 2.65 bits per heavy atom. The van der Waals surface area contributed by atoms with E-state index in [1.54, 1.807) is 0 Å². The summed E-state index contributed by atoms with van der Waals surface area (Å²) in [5.74, 6) is -1.60. The van der Waals surface area contributed by atoms with Crippen LogP contribution in [0.2, 0.25) is 0 Å². The van der Waals surface area contributed by atoms with Crippen LogP contribution < -0.4 is 10.1 Å². The summed E-state index contributed by atoms with van der Waals surface area (Å²) in [4.78, 5) is 0. The van der Waals surface area contributed by atoms with Gasteiger partial charge in [-0.3, -0.25) is 0 Å². The highest BCUT2D eigenvalue weighted by Gasteiger charge is 2.34. The van der Waals surface area contributed by atoms with E-state index >= 15 is 0 Å². The maximum Gasteiger partial charge on any atom is 0.248 e. The molecule has 1 aliphatic rings. The Morgan fingerprint density at radius 2 is 2.00 bits per heavy atom. The summed E-state index contributed by atoms with van der Waals surface area (Å²) in [7, 11) is 0. The van der Waals surface area contributed by atoms with E-state index in [0.717, 1.165) is 11.3 Å². The smallest absolute Gasteiger partial charge is 0.248 e. The van der Waals surface area contributed by atoms with Crippen molar-refractivity contribution in [2.75, 3.05) is 0 Å². The van der Waals surface area contributed by atoms with Gasteiger partial charge in [-0.15, -0.1) is 0 Å². The van der Waals surface area contributed by atoms with Gasteiger partial charge in [0.15, 0.2) is 0 Å². The van der Waals surface area contributed by atoms with Crippen molar-refractivity contribution >= 4 is 0 Å². The molecular weight excluding hydrogens is 260 g/mol. The normalized spacial score (nSPS) is 19.2. The SMILES string of the molecule is CC(C)Oc1cccc(CNC2CCC(F)(F)CC2)c1. The molecular formula is C16H23F2NO. The predicted molar refractivity (Wildman–Crippen MR) is 76.2 cm³/mol. The molecule has 0 unspecified atom stereocenters. The second-order valence-corrected chi connectivity index (χ2v) is 5.83. The lowest BCUT2D eigenvalue weighted by Crippen LogP contribution is -2.36. The molecule has 20 heavy (non-hydrogen) atoms. The summed E-state index contributed by atoms with van der Waals surface area (Å²) < 4.78 is 31.8. The minimum Gasteiger partial charge on any atom is -0.491 e. The zero-order valence-corrected chi connectivity index (χ0v) is 12.2. The molecule has 0 aliphatic heterocycles. The second kappa shape index (κ2) is 6.53. The van der Waals surface area contributed by atoms with E-state index in [2.05, 4.69) is 5.32 Å². The van der Waals surface area contributed by atoms with Crippen LogP contribution in [-0.4, -0.2) is 18.1 Å². The lowest BCUT2D eigenvalue weighted by molar-refractivity contribution is -0.0405. The number of nitrogens with one attached hydrogen (secondary N) is 1. The molecule has 112 valence electrons. The van der Waals surface area contributed by atoms with E-state index < -0.39 is 5.92 Å². The molecule has 4 heteroatoms. The molecule has 1 N–H and O–H groups in total. The molecule has 2 rings (SSSR count). The fourth-order valence-electron chi connectivity index (χ4n) is 2.51. The van der Waals surface area contributed by atoms with Crippen molar-refractivity contribution in [2.24, 2.45) is 0 Å². The molecule has 0 heterocycles. The fraction of sp³-hybridized carbons (Fsp3) is 0.625. The third-order valence-electron chi connectivity index (χ3n) is 3.58. The van der Waals surface area contributed by atoms with Gasteiger partial charge in [0.05, 0.1) is 6.10 Å². The van der Waals surface area contributed by atoms with Crippen molar-refractivity contribution in [2.45, 2.75) is 64.1 Å². The number of ether oxygens (including phenoxy) is 1. The van der Waals surface area contributed by atoms with Gasteiger partial charge in [-0.25, -0.2) is 8.78 Å². The molecule has 0 amide bonds. The number of benzene rings is 1. The molecule has 2 nitrogen and oxygen atoms in total.